The molecule has 3 saturated carbocycles. The minimum absolute atomic E-state index is 0.0690. The molecule has 1 aromatic carbocycles. The van der Waals surface area contributed by atoms with E-state index in [-0.39, 0.29) is 47.0 Å². The Balaban J connectivity index is 0.935. The number of phenolic OH excluding ortho intramolecular Hbond substituents is 2. The molecule has 2 heterocycles. The highest BCUT2D eigenvalue weighted by Crippen LogP contribution is 2.70. The van der Waals surface area contributed by atoms with Gasteiger partial charge in [-0.3, -0.25) is 9.59 Å². The number of carbonyl (C=O) groups excluding carboxylic acids is 2. The van der Waals surface area contributed by atoms with Crippen molar-refractivity contribution in [1.29, 1.82) is 0 Å². The molecule has 4 aliphatic carbocycles. The molecule has 1 aromatic rings. The van der Waals surface area contributed by atoms with E-state index < -0.39 is 0 Å². The third-order valence-electron chi connectivity index (χ3n) is 13.8. The van der Waals surface area contributed by atoms with Gasteiger partial charge < -0.3 is 30.3 Å². The second-order valence-electron chi connectivity index (χ2n) is 16.4. The van der Waals surface area contributed by atoms with Crippen LogP contribution in [0, 0.1) is 46.3 Å². The van der Waals surface area contributed by atoms with Crippen LogP contribution in [-0.2, 0) is 25.5 Å². The van der Waals surface area contributed by atoms with Crippen LogP contribution >= 0.6 is 0 Å². The van der Waals surface area contributed by atoms with Crippen LogP contribution in [0.25, 0.3) is 0 Å². The summed E-state index contributed by atoms with van der Waals surface area (Å²) in [4.78, 5) is 25.3. The summed E-state index contributed by atoms with van der Waals surface area (Å²) in [6.07, 6.45) is 13.1. The fraction of sp³-hybridized carbons (Fsp3) is 0.737. The summed E-state index contributed by atoms with van der Waals surface area (Å²) in [5, 5.41) is 25.1. The van der Waals surface area contributed by atoms with Crippen LogP contribution < -0.4 is 10.6 Å². The Bertz CT molecular complexity index is 1380. The first-order chi connectivity index (χ1) is 21.9. The number of aromatic hydroxyl groups is 2. The lowest BCUT2D eigenvalue weighted by Crippen LogP contribution is -2.53. The number of hydrogen-bond donors (Lipinski definition) is 4. The molecule has 0 bridgehead atoms. The fourth-order valence-corrected chi connectivity index (χ4v) is 11.4. The van der Waals surface area contributed by atoms with E-state index in [0.717, 1.165) is 44.3 Å². The fourth-order valence-electron chi connectivity index (χ4n) is 11.4. The van der Waals surface area contributed by atoms with Gasteiger partial charge in [-0.25, -0.2) is 0 Å². The number of ether oxygens (including phenoxy) is 2. The zero-order chi connectivity index (χ0) is 32.4. The van der Waals surface area contributed by atoms with Crippen molar-refractivity contribution in [3.05, 3.63) is 35.4 Å². The van der Waals surface area contributed by atoms with Crippen molar-refractivity contribution in [3.63, 3.8) is 0 Å². The molecule has 1 spiro atoms. The van der Waals surface area contributed by atoms with Gasteiger partial charge in [-0.1, -0.05) is 45.4 Å². The van der Waals surface area contributed by atoms with E-state index >= 15 is 0 Å². The first kappa shape index (κ1) is 32.0. The molecule has 6 aliphatic rings. The van der Waals surface area contributed by atoms with Crippen molar-refractivity contribution >= 4 is 11.8 Å². The quantitative estimate of drug-likeness (QED) is 0.173. The summed E-state index contributed by atoms with van der Waals surface area (Å²) in [6, 6.07) is 4.68. The average Bonchev–Trinajstić information content (AvgIpc) is 3.46. The number of allylic oxidation sites excluding steroid dienone is 1. The molecule has 8 heteroatoms. The molecule has 4 N–H and O–H groups in total. The van der Waals surface area contributed by atoms with Crippen LogP contribution in [0.5, 0.6) is 11.5 Å². The Morgan fingerprint density at radius 2 is 1.83 bits per heavy atom. The van der Waals surface area contributed by atoms with E-state index in [9.17, 15) is 19.8 Å². The van der Waals surface area contributed by atoms with E-state index in [2.05, 4.69) is 44.4 Å². The summed E-state index contributed by atoms with van der Waals surface area (Å²) in [5.74, 6) is 2.46. The Labute approximate surface area is 274 Å². The molecule has 11 atom stereocenters. The topological polar surface area (TPSA) is 117 Å². The van der Waals surface area contributed by atoms with Crippen molar-refractivity contribution in [1.82, 2.24) is 10.6 Å². The van der Waals surface area contributed by atoms with Crippen LogP contribution in [0.3, 0.4) is 0 Å². The van der Waals surface area contributed by atoms with Gasteiger partial charge >= 0.3 is 0 Å². The Morgan fingerprint density at radius 3 is 2.59 bits per heavy atom. The number of amides is 2. The van der Waals surface area contributed by atoms with E-state index in [1.165, 1.54) is 43.4 Å². The second kappa shape index (κ2) is 11.8. The van der Waals surface area contributed by atoms with E-state index in [0.29, 0.717) is 60.0 Å². The van der Waals surface area contributed by atoms with E-state index in [4.69, 9.17) is 9.47 Å². The van der Waals surface area contributed by atoms with E-state index in [1.54, 1.807) is 6.07 Å². The van der Waals surface area contributed by atoms with Crippen molar-refractivity contribution in [2.45, 2.75) is 116 Å². The molecule has 2 amide bonds. The van der Waals surface area contributed by atoms with Crippen molar-refractivity contribution in [2.24, 2.45) is 46.3 Å². The van der Waals surface area contributed by atoms with Gasteiger partial charge in [-0.15, -0.1) is 0 Å². The van der Waals surface area contributed by atoms with Gasteiger partial charge in [-0.05, 0) is 116 Å². The summed E-state index contributed by atoms with van der Waals surface area (Å²) >= 11 is 0. The maximum Gasteiger partial charge on any atom is 0.229 e. The summed E-state index contributed by atoms with van der Waals surface area (Å²) in [6.45, 7) is 11.0. The highest BCUT2D eigenvalue weighted by molar-refractivity contribution is 5.97. The standard InChI is InChI=1S/C38H54N2O6/c1-22-9-15-38(45-21-22)23(2)35-32(46-38)19-29-27-7-6-25-18-26(10-13-36(25,3)28(27)11-14-37(29,35)4)40-34(44)20-33(43)39-16-12-24-5-8-30(41)31(42)17-24/h5-6,8,17,22-23,26-29,32,35,41-42H,7,9-16,18-21H2,1-4H3,(H,39,43)(H,40,44)/t22-,23+,26+,27-,28+,29+,32+,35+,36+,37+,38-/m1/s1. The van der Waals surface area contributed by atoms with Crippen LogP contribution in [0.1, 0.15) is 97.5 Å². The summed E-state index contributed by atoms with van der Waals surface area (Å²) in [5.41, 5.74) is 2.80. The number of benzene rings is 1. The van der Waals surface area contributed by atoms with Gasteiger partial charge in [0.2, 0.25) is 11.8 Å². The number of phenols is 2. The molecule has 7 rings (SSSR count). The predicted octanol–water partition coefficient (Wildman–Crippen LogP) is 6.00. The second-order valence-corrected chi connectivity index (χ2v) is 16.4. The highest BCUT2D eigenvalue weighted by atomic mass is 16.7. The molecular weight excluding hydrogens is 580 g/mol. The predicted molar refractivity (Wildman–Crippen MR) is 175 cm³/mol. The van der Waals surface area contributed by atoms with Crippen molar-refractivity contribution < 1.29 is 29.3 Å². The zero-order valence-corrected chi connectivity index (χ0v) is 28.1. The van der Waals surface area contributed by atoms with Gasteiger partial charge in [0.05, 0.1) is 12.7 Å². The summed E-state index contributed by atoms with van der Waals surface area (Å²) < 4.78 is 13.5. The Kier molecular flexibility index (Phi) is 8.23. The van der Waals surface area contributed by atoms with Gasteiger partial charge in [0.1, 0.15) is 6.42 Å². The molecule has 0 aromatic heterocycles. The van der Waals surface area contributed by atoms with Gasteiger partial charge in [0, 0.05) is 24.9 Å². The monoisotopic (exact) mass is 634 g/mol. The van der Waals surface area contributed by atoms with Gasteiger partial charge in [0.15, 0.2) is 17.3 Å². The largest absolute Gasteiger partial charge is 0.504 e. The number of nitrogens with one attached hydrogen (secondary N) is 2. The SMILES string of the molecule is C[C@@H]1CC[C@@]2(OC1)O[C@H]1C[C@H]3[C@@H]4CC=C5C[C@@H](NC(=O)CC(=O)NCCc6ccc(O)c(O)c6)CC[C@]5(C)[C@H]4CC[C@]3(C)[C@H]1[C@@H]2C. The molecule has 252 valence electrons. The van der Waals surface area contributed by atoms with E-state index in [1.807, 2.05) is 0 Å². The average molecular weight is 635 g/mol. The lowest BCUT2D eigenvalue weighted by molar-refractivity contribution is -0.272. The maximum atomic E-state index is 12.8. The van der Waals surface area contributed by atoms with Crippen LogP contribution in [0.2, 0.25) is 0 Å². The number of carbonyl (C=O) groups is 2. The van der Waals surface area contributed by atoms with Gasteiger partial charge in [-0.2, -0.15) is 0 Å². The van der Waals surface area contributed by atoms with Crippen LogP contribution in [0.15, 0.2) is 29.8 Å². The number of fused-ring (bicyclic) bond motifs is 7. The van der Waals surface area contributed by atoms with Crippen LogP contribution in [0.4, 0.5) is 0 Å². The first-order valence-corrected chi connectivity index (χ1v) is 18.0. The molecule has 0 radical (unpaired) electrons. The normalized spacial score (nSPS) is 42.7. The third-order valence-corrected chi connectivity index (χ3v) is 13.8. The molecule has 8 nitrogen and oxygen atoms in total. The third kappa shape index (κ3) is 5.35. The van der Waals surface area contributed by atoms with Gasteiger partial charge in [0.25, 0.3) is 0 Å². The Morgan fingerprint density at radius 1 is 1.00 bits per heavy atom. The van der Waals surface area contributed by atoms with Crippen molar-refractivity contribution in [2.75, 3.05) is 13.2 Å². The molecule has 5 fully saturated rings. The molecule has 0 unspecified atom stereocenters. The molecular formula is C38H54N2O6. The molecule has 46 heavy (non-hydrogen) atoms. The zero-order valence-electron chi connectivity index (χ0n) is 28.1. The van der Waals surface area contributed by atoms with Crippen molar-refractivity contribution in [3.8, 4) is 11.5 Å². The maximum absolute atomic E-state index is 12.8. The smallest absolute Gasteiger partial charge is 0.229 e. The molecule has 2 saturated heterocycles. The minimum Gasteiger partial charge on any atom is -0.504 e. The summed E-state index contributed by atoms with van der Waals surface area (Å²) in [7, 11) is 0. The van der Waals surface area contributed by atoms with Crippen LogP contribution in [-0.4, -0.2) is 53.1 Å². The molecule has 2 aliphatic heterocycles. The Hall–Kier alpha value is -2.58. The highest BCUT2D eigenvalue weighted by Gasteiger charge is 2.68. The number of hydrogen-bond acceptors (Lipinski definition) is 6. The lowest BCUT2D eigenvalue weighted by Gasteiger charge is -2.58. The first-order valence-electron chi connectivity index (χ1n) is 18.0. The number of rotatable bonds is 6. The minimum atomic E-state index is -0.361. The lowest BCUT2D eigenvalue weighted by atomic mass is 9.46.